The van der Waals surface area contributed by atoms with Crippen LogP contribution in [0.15, 0.2) is 0 Å². The number of ether oxygens (including phenoxy) is 2. The molecule has 1 unspecified atom stereocenters. The first kappa shape index (κ1) is 11.9. The highest BCUT2D eigenvalue weighted by molar-refractivity contribution is 5.78. The Balaban J connectivity index is 2.56. The summed E-state index contributed by atoms with van der Waals surface area (Å²) in [5.41, 5.74) is 0. The number of carbonyl (C=O) groups excluding carboxylic acids is 1. The number of morpholine rings is 1. The van der Waals surface area contributed by atoms with Gasteiger partial charge in [0.2, 0.25) is 5.91 Å². The van der Waals surface area contributed by atoms with Crippen molar-refractivity contribution in [1.82, 2.24) is 4.90 Å². The average molecular weight is 217 g/mol. The van der Waals surface area contributed by atoms with Crippen molar-refractivity contribution >= 4 is 11.9 Å². The predicted octanol–water partition coefficient (Wildman–Crippen LogP) is -0.665. The second kappa shape index (κ2) is 5.67. The van der Waals surface area contributed by atoms with Gasteiger partial charge < -0.3 is 19.5 Å². The molecule has 0 saturated carbocycles. The Morgan fingerprint density at radius 2 is 2.33 bits per heavy atom. The first-order valence-electron chi connectivity index (χ1n) is 4.73. The maximum absolute atomic E-state index is 11.5. The molecule has 6 heteroatoms. The third-order valence-electron chi connectivity index (χ3n) is 2.23. The van der Waals surface area contributed by atoms with Gasteiger partial charge in [0, 0.05) is 13.7 Å². The fourth-order valence-corrected chi connectivity index (χ4v) is 1.56. The van der Waals surface area contributed by atoms with E-state index in [4.69, 9.17) is 14.6 Å². The number of methoxy groups -OCH3 is 1. The molecule has 0 aromatic carbocycles. The van der Waals surface area contributed by atoms with Gasteiger partial charge in [-0.3, -0.25) is 9.59 Å². The van der Waals surface area contributed by atoms with Crippen LogP contribution in [0.1, 0.15) is 6.42 Å². The fraction of sp³-hybridized carbons (Fsp3) is 0.778. The van der Waals surface area contributed by atoms with Crippen LogP contribution in [0.5, 0.6) is 0 Å². The standard InChI is InChI=1S/C9H15NO5/c1-14-6-8(11)10-2-3-15-5-7(10)4-9(12)13/h7H,2-6H2,1H3,(H,12,13). The second-order valence-corrected chi connectivity index (χ2v) is 3.35. The molecule has 1 aliphatic rings. The number of aliphatic carboxylic acids is 1. The van der Waals surface area contributed by atoms with Crippen LogP contribution in [0.4, 0.5) is 0 Å². The first-order valence-corrected chi connectivity index (χ1v) is 4.73. The molecule has 6 nitrogen and oxygen atoms in total. The van der Waals surface area contributed by atoms with E-state index < -0.39 is 5.97 Å². The summed E-state index contributed by atoms with van der Waals surface area (Å²) in [5.74, 6) is -1.12. The van der Waals surface area contributed by atoms with E-state index in [1.54, 1.807) is 0 Å². The molecule has 0 bridgehead atoms. The summed E-state index contributed by atoms with van der Waals surface area (Å²) >= 11 is 0. The molecule has 1 aliphatic heterocycles. The van der Waals surface area contributed by atoms with Gasteiger partial charge in [0.1, 0.15) is 6.61 Å². The smallest absolute Gasteiger partial charge is 0.305 e. The molecule has 1 fully saturated rings. The second-order valence-electron chi connectivity index (χ2n) is 3.35. The Morgan fingerprint density at radius 3 is 2.93 bits per heavy atom. The maximum Gasteiger partial charge on any atom is 0.305 e. The normalized spacial score (nSPS) is 21.4. The Labute approximate surface area is 87.8 Å². The van der Waals surface area contributed by atoms with Crippen LogP contribution in [0, 0.1) is 0 Å². The zero-order chi connectivity index (χ0) is 11.3. The van der Waals surface area contributed by atoms with Crippen molar-refractivity contribution in [2.75, 3.05) is 33.5 Å². The minimum absolute atomic E-state index is 0.0177. The van der Waals surface area contributed by atoms with E-state index in [1.165, 1.54) is 12.0 Å². The van der Waals surface area contributed by atoms with Gasteiger partial charge >= 0.3 is 5.97 Å². The molecular weight excluding hydrogens is 202 g/mol. The largest absolute Gasteiger partial charge is 0.481 e. The van der Waals surface area contributed by atoms with Crippen LogP contribution in [0.25, 0.3) is 0 Å². The van der Waals surface area contributed by atoms with Gasteiger partial charge in [0.15, 0.2) is 0 Å². The molecule has 1 atom stereocenters. The van der Waals surface area contributed by atoms with Crippen molar-refractivity contribution < 1.29 is 24.2 Å². The topological polar surface area (TPSA) is 76.1 Å². The third kappa shape index (κ3) is 3.49. The lowest BCUT2D eigenvalue weighted by molar-refractivity contribution is -0.148. The zero-order valence-corrected chi connectivity index (χ0v) is 8.64. The Kier molecular flexibility index (Phi) is 4.51. The van der Waals surface area contributed by atoms with Gasteiger partial charge in [-0.2, -0.15) is 0 Å². The Morgan fingerprint density at radius 1 is 1.60 bits per heavy atom. The molecule has 1 saturated heterocycles. The molecule has 86 valence electrons. The van der Waals surface area contributed by atoms with Crippen molar-refractivity contribution in [1.29, 1.82) is 0 Å². The van der Waals surface area contributed by atoms with Crippen molar-refractivity contribution in [3.8, 4) is 0 Å². The van der Waals surface area contributed by atoms with Crippen LogP contribution >= 0.6 is 0 Å². The summed E-state index contributed by atoms with van der Waals surface area (Å²) in [6.07, 6.45) is -0.0878. The number of nitrogens with zero attached hydrogens (tertiary/aromatic N) is 1. The minimum Gasteiger partial charge on any atom is -0.481 e. The molecule has 1 heterocycles. The monoisotopic (exact) mass is 217 g/mol. The highest BCUT2D eigenvalue weighted by Crippen LogP contribution is 2.10. The molecular formula is C9H15NO5. The van der Waals surface area contributed by atoms with Crippen LogP contribution < -0.4 is 0 Å². The molecule has 0 aromatic heterocycles. The fourth-order valence-electron chi connectivity index (χ4n) is 1.56. The molecule has 1 rings (SSSR count). The Hall–Kier alpha value is -1.14. The highest BCUT2D eigenvalue weighted by Gasteiger charge is 2.28. The maximum atomic E-state index is 11.5. The van der Waals surface area contributed by atoms with E-state index in [9.17, 15) is 9.59 Å². The van der Waals surface area contributed by atoms with Gasteiger partial charge in [-0.05, 0) is 0 Å². The SMILES string of the molecule is COCC(=O)N1CCOCC1CC(=O)O. The van der Waals surface area contributed by atoms with Gasteiger partial charge in [0.05, 0.1) is 25.7 Å². The molecule has 0 spiro atoms. The summed E-state index contributed by atoms with van der Waals surface area (Å²) in [5, 5.41) is 8.67. The lowest BCUT2D eigenvalue weighted by Crippen LogP contribution is -2.50. The van der Waals surface area contributed by atoms with Gasteiger partial charge in [0.25, 0.3) is 0 Å². The van der Waals surface area contributed by atoms with Crippen LogP contribution in [0.2, 0.25) is 0 Å². The first-order chi connectivity index (χ1) is 7.15. The van der Waals surface area contributed by atoms with Crippen LogP contribution in [0.3, 0.4) is 0 Å². The van der Waals surface area contributed by atoms with Gasteiger partial charge in [-0.15, -0.1) is 0 Å². The summed E-state index contributed by atoms with van der Waals surface area (Å²) in [4.78, 5) is 23.6. The average Bonchev–Trinajstić information content (AvgIpc) is 2.18. The lowest BCUT2D eigenvalue weighted by Gasteiger charge is -2.34. The van der Waals surface area contributed by atoms with Crippen molar-refractivity contribution in [3.63, 3.8) is 0 Å². The number of carbonyl (C=O) groups is 2. The zero-order valence-electron chi connectivity index (χ0n) is 8.64. The number of rotatable bonds is 4. The van der Waals surface area contributed by atoms with Gasteiger partial charge in [-0.25, -0.2) is 0 Å². The molecule has 0 radical (unpaired) electrons. The van der Waals surface area contributed by atoms with Gasteiger partial charge in [-0.1, -0.05) is 0 Å². The third-order valence-corrected chi connectivity index (χ3v) is 2.23. The number of carboxylic acids is 1. The summed E-state index contributed by atoms with van der Waals surface area (Å²) < 4.78 is 9.87. The molecule has 1 N–H and O–H groups in total. The van der Waals surface area contributed by atoms with E-state index in [-0.39, 0.29) is 31.6 Å². The minimum atomic E-state index is -0.930. The highest BCUT2D eigenvalue weighted by atomic mass is 16.5. The number of amides is 1. The van der Waals surface area contributed by atoms with E-state index in [0.29, 0.717) is 13.2 Å². The number of carboxylic acid groups (broad SMARTS) is 1. The summed E-state index contributed by atoms with van der Waals surface area (Å²) in [6.45, 7) is 1.14. The summed E-state index contributed by atoms with van der Waals surface area (Å²) in [7, 11) is 1.44. The molecule has 15 heavy (non-hydrogen) atoms. The molecule has 1 amide bonds. The van der Waals surface area contributed by atoms with Crippen molar-refractivity contribution in [3.05, 3.63) is 0 Å². The van der Waals surface area contributed by atoms with Crippen LogP contribution in [-0.4, -0.2) is 61.4 Å². The summed E-state index contributed by atoms with van der Waals surface area (Å²) in [6, 6.07) is -0.376. The van der Waals surface area contributed by atoms with Crippen molar-refractivity contribution in [2.45, 2.75) is 12.5 Å². The van der Waals surface area contributed by atoms with Crippen LogP contribution in [-0.2, 0) is 19.1 Å². The molecule has 0 aliphatic carbocycles. The quantitative estimate of drug-likeness (QED) is 0.676. The lowest BCUT2D eigenvalue weighted by atomic mass is 10.1. The van der Waals surface area contributed by atoms with E-state index in [0.717, 1.165) is 0 Å². The Bertz CT molecular complexity index is 243. The van der Waals surface area contributed by atoms with E-state index >= 15 is 0 Å². The molecule has 0 aromatic rings. The predicted molar refractivity (Wildman–Crippen MR) is 50.4 cm³/mol. The number of hydrogen-bond donors (Lipinski definition) is 1. The number of hydrogen-bond acceptors (Lipinski definition) is 4. The van der Waals surface area contributed by atoms with E-state index in [2.05, 4.69) is 0 Å². The van der Waals surface area contributed by atoms with E-state index in [1.807, 2.05) is 0 Å². The van der Waals surface area contributed by atoms with Crippen molar-refractivity contribution in [2.24, 2.45) is 0 Å².